The zero-order chi connectivity index (χ0) is 15.2. The lowest BCUT2D eigenvalue weighted by molar-refractivity contribution is 0.0955. The Morgan fingerprint density at radius 1 is 1.14 bits per heavy atom. The van der Waals surface area contributed by atoms with Crippen molar-refractivity contribution in [2.45, 2.75) is 6.92 Å². The molecule has 0 bridgehead atoms. The van der Waals surface area contributed by atoms with Crippen molar-refractivity contribution >= 4 is 17.3 Å². The quantitative estimate of drug-likeness (QED) is 0.691. The Morgan fingerprint density at radius 3 is 2.43 bits per heavy atom. The highest BCUT2D eigenvalue weighted by atomic mass is 16.2. The Bertz CT molecular complexity index is 633. The molecular formula is C16H18N4O. The van der Waals surface area contributed by atoms with Gasteiger partial charge in [0.1, 0.15) is 0 Å². The minimum absolute atomic E-state index is 0.233. The number of nitrogens with zero attached hydrogens (tertiary/aromatic N) is 3. The average Bonchev–Trinajstić information content (AvgIpc) is 2.53. The first kappa shape index (κ1) is 14.7. The van der Waals surface area contributed by atoms with Crippen LogP contribution in [0.2, 0.25) is 0 Å². The second kappa shape index (κ2) is 6.65. The van der Waals surface area contributed by atoms with Gasteiger partial charge in [-0.1, -0.05) is 6.07 Å². The molecule has 21 heavy (non-hydrogen) atoms. The zero-order valence-electron chi connectivity index (χ0n) is 12.4. The Morgan fingerprint density at radius 2 is 1.86 bits per heavy atom. The highest BCUT2D eigenvalue weighted by Crippen LogP contribution is 2.12. The van der Waals surface area contributed by atoms with Gasteiger partial charge in [0.25, 0.3) is 5.91 Å². The van der Waals surface area contributed by atoms with E-state index in [1.807, 2.05) is 50.2 Å². The smallest absolute Gasteiger partial charge is 0.271 e. The molecule has 2 rings (SSSR count). The predicted molar refractivity (Wildman–Crippen MR) is 84.7 cm³/mol. The van der Waals surface area contributed by atoms with Crippen molar-refractivity contribution < 1.29 is 4.79 Å². The van der Waals surface area contributed by atoms with Crippen molar-refractivity contribution in [2.24, 2.45) is 5.10 Å². The molecular weight excluding hydrogens is 264 g/mol. The number of carbonyl (C=O) groups is 1. The monoisotopic (exact) mass is 282 g/mol. The van der Waals surface area contributed by atoms with Crippen LogP contribution in [0.3, 0.4) is 0 Å². The van der Waals surface area contributed by atoms with Gasteiger partial charge in [-0.05, 0) is 37.3 Å². The van der Waals surface area contributed by atoms with E-state index >= 15 is 0 Å². The molecule has 5 heteroatoms. The number of aromatic nitrogens is 1. The third-order valence-electron chi connectivity index (χ3n) is 3.05. The Labute approximate surface area is 124 Å². The molecule has 0 saturated heterocycles. The fraction of sp³-hybridized carbons (Fsp3) is 0.188. The molecule has 0 atom stereocenters. The number of amides is 1. The highest BCUT2D eigenvalue weighted by Gasteiger charge is 2.05. The van der Waals surface area contributed by atoms with Gasteiger partial charge in [0.05, 0.1) is 5.71 Å². The van der Waals surface area contributed by atoms with Crippen molar-refractivity contribution in [2.75, 3.05) is 19.0 Å². The fourth-order valence-electron chi connectivity index (χ4n) is 1.75. The molecule has 0 spiro atoms. The number of nitrogens with one attached hydrogen (secondary N) is 1. The van der Waals surface area contributed by atoms with Crippen LogP contribution in [0.4, 0.5) is 5.69 Å². The zero-order valence-corrected chi connectivity index (χ0v) is 12.4. The molecule has 2 aromatic rings. The molecule has 0 unspecified atom stereocenters. The number of hydrogen-bond acceptors (Lipinski definition) is 4. The SMILES string of the molecule is CC(=NNC(=O)c1ccc(N(C)C)cc1)c1cccnc1. The first-order chi connectivity index (χ1) is 10.1. The fourth-order valence-corrected chi connectivity index (χ4v) is 1.75. The van der Waals surface area contributed by atoms with E-state index < -0.39 is 0 Å². The molecule has 108 valence electrons. The van der Waals surface area contributed by atoms with Crippen LogP contribution >= 0.6 is 0 Å². The average molecular weight is 282 g/mol. The second-order valence-electron chi connectivity index (χ2n) is 4.82. The summed E-state index contributed by atoms with van der Waals surface area (Å²) in [6.45, 7) is 1.83. The van der Waals surface area contributed by atoms with Crippen molar-refractivity contribution in [3.63, 3.8) is 0 Å². The Kier molecular flexibility index (Phi) is 4.66. The van der Waals surface area contributed by atoms with Crippen molar-refractivity contribution in [3.05, 3.63) is 59.9 Å². The van der Waals surface area contributed by atoms with Gasteiger partial charge in [-0.25, -0.2) is 5.43 Å². The molecule has 5 nitrogen and oxygen atoms in total. The van der Waals surface area contributed by atoms with Gasteiger partial charge in [0.15, 0.2) is 0 Å². The molecule has 0 fully saturated rings. The summed E-state index contributed by atoms with van der Waals surface area (Å²) in [5.74, 6) is -0.233. The molecule has 0 radical (unpaired) electrons. The second-order valence-corrected chi connectivity index (χ2v) is 4.82. The van der Waals surface area contributed by atoms with Crippen LogP contribution in [-0.4, -0.2) is 30.7 Å². The summed E-state index contributed by atoms with van der Waals surface area (Å²) in [4.78, 5) is 18.0. The van der Waals surface area contributed by atoms with E-state index in [4.69, 9.17) is 0 Å². The summed E-state index contributed by atoms with van der Waals surface area (Å²) in [6.07, 6.45) is 3.40. The van der Waals surface area contributed by atoms with Gasteiger partial charge in [-0.15, -0.1) is 0 Å². The van der Waals surface area contributed by atoms with Crippen LogP contribution in [0.25, 0.3) is 0 Å². The third-order valence-corrected chi connectivity index (χ3v) is 3.05. The maximum atomic E-state index is 12.0. The number of carbonyl (C=O) groups excluding carboxylic acids is 1. The topological polar surface area (TPSA) is 57.6 Å². The summed E-state index contributed by atoms with van der Waals surface area (Å²) < 4.78 is 0. The summed E-state index contributed by atoms with van der Waals surface area (Å²) in [5.41, 5.74) is 5.75. The largest absolute Gasteiger partial charge is 0.378 e. The van der Waals surface area contributed by atoms with Gasteiger partial charge in [-0.2, -0.15) is 5.10 Å². The molecule has 1 aromatic heterocycles. The van der Waals surface area contributed by atoms with Crippen LogP contribution in [0.1, 0.15) is 22.8 Å². The van der Waals surface area contributed by atoms with E-state index in [9.17, 15) is 4.79 Å². The van der Waals surface area contributed by atoms with Crippen molar-refractivity contribution in [3.8, 4) is 0 Å². The van der Waals surface area contributed by atoms with E-state index in [1.54, 1.807) is 24.5 Å². The normalized spacial score (nSPS) is 11.1. The van der Waals surface area contributed by atoms with Crippen LogP contribution < -0.4 is 10.3 Å². The third kappa shape index (κ3) is 3.89. The van der Waals surface area contributed by atoms with Gasteiger partial charge in [-0.3, -0.25) is 9.78 Å². The number of hydrazone groups is 1. The summed E-state index contributed by atoms with van der Waals surface area (Å²) in [5, 5.41) is 4.09. The van der Waals surface area contributed by atoms with E-state index in [1.165, 1.54) is 0 Å². The Hall–Kier alpha value is -2.69. The lowest BCUT2D eigenvalue weighted by Crippen LogP contribution is -2.19. The van der Waals surface area contributed by atoms with Crippen molar-refractivity contribution in [1.29, 1.82) is 0 Å². The van der Waals surface area contributed by atoms with Gasteiger partial charge in [0.2, 0.25) is 0 Å². The number of hydrogen-bond donors (Lipinski definition) is 1. The Balaban J connectivity index is 2.04. The minimum atomic E-state index is -0.233. The van der Waals surface area contributed by atoms with Gasteiger partial charge >= 0.3 is 0 Å². The van der Waals surface area contributed by atoms with Crippen LogP contribution in [0.5, 0.6) is 0 Å². The molecule has 0 aliphatic carbocycles. The number of rotatable bonds is 4. The lowest BCUT2D eigenvalue weighted by atomic mass is 10.2. The lowest BCUT2D eigenvalue weighted by Gasteiger charge is -2.12. The molecule has 1 amide bonds. The highest BCUT2D eigenvalue weighted by molar-refractivity contribution is 6.00. The molecule has 0 saturated carbocycles. The van der Waals surface area contributed by atoms with E-state index in [2.05, 4.69) is 15.5 Å². The molecule has 0 aliphatic rings. The number of anilines is 1. The first-order valence-electron chi connectivity index (χ1n) is 6.60. The van der Waals surface area contributed by atoms with E-state index in [0.29, 0.717) is 11.3 Å². The summed E-state index contributed by atoms with van der Waals surface area (Å²) >= 11 is 0. The number of pyridine rings is 1. The molecule has 1 aromatic carbocycles. The van der Waals surface area contributed by atoms with E-state index in [0.717, 1.165) is 11.3 Å². The van der Waals surface area contributed by atoms with Crippen molar-refractivity contribution in [1.82, 2.24) is 10.4 Å². The van der Waals surface area contributed by atoms with Crippen LogP contribution in [0, 0.1) is 0 Å². The maximum absolute atomic E-state index is 12.0. The van der Waals surface area contributed by atoms with Crippen LogP contribution in [-0.2, 0) is 0 Å². The molecule has 1 N–H and O–H groups in total. The molecule has 0 aliphatic heterocycles. The predicted octanol–water partition coefficient (Wildman–Crippen LogP) is 2.30. The van der Waals surface area contributed by atoms with Gasteiger partial charge < -0.3 is 4.90 Å². The summed E-state index contributed by atoms with van der Waals surface area (Å²) in [6, 6.07) is 11.1. The molecule has 1 heterocycles. The minimum Gasteiger partial charge on any atom is -0.378 e. The summed E-state index contributed by atoms with van der Waals surface area (Å²) in [7, 11) is 3.91. The van der Waals surface area contributed by atoms with Crippen LogP contribution in [0.15, 0.2) is 53.9 Å². The standard InChI is InChI=1S/C16H18N4O/c1-12(14-5-4-10-17-11-14)18-19-16(21)13-6-8-15(9-7-13)20(2)3/h4-11H,1-3H3,(H,19,21). The number of benzene rings is 1. The maximum Gasteiger partial charge on any atom is 0.271 e. The van der Waals surface area contributed by atoms with E-state index in [-0.39, 0.29) is 5.91 Å². The first-order valence-corrected chi connectivity index (χ1v) is 6.60. The van der Waals surface area contributed by atoms with Gasteiger partial charge in [0, 0.05) is 43.3 Å².